The van der Waals surface area contributed by atoms with Gasteiger partial charge in [0.05, 0.1) is 24.8 Å². The number of aromatic nitrogens is 4. The summed E-state index contributed by atoms with van der Waals surface area (Å²) in [6.07, 6.45) is 7.53. The molecule has 1 aliphatic heterocycles. The van der Waals surface area contributed by atoms with Crippen molar-refractivity contribution in [1.29, 1.82) is 0 Å². The molecule has 1 saturated heterocycles. The van der Waals surface area contributed by atoms with E-state index < -0.39 is 17.4 Å². The Morgan fingerprint density at radius 2 is 1.81 bits per heavy atom. The SMILES string of the molecule is C[C@H](Nc1ncc(C(F)(F)C(=O)NC2COC2)cn1)C1CCC(Nc2ccc3ccnc(Cl)c3n2)CC1. The van der Waals surface area contributed by atoms with Crippen LogP contribution < -0.4 is 16.0 Å². The van der Waals surface area contributed by atoms with E-state index >= 15 is 0 Å². The number of hydrogen-bond acceptors (Lipinski definition) is 8. The van der Waals surface area contributed by atoms with Crippen LogP contribution in [0.2, 0.25) is 5.15 Å². The van der Waals surface area contributed by atoms with Crippen LogP contribution in [-0.4, -0.2) is 57.2 Å². The topological polar surface area (TPSA) is 114 Å². The molecule has 37 heavy (non-hydrogen) atoms. The Labute approximate surface area is 217 Å². The highest BCUT2D eigenvalue weighted by Gasteiger charge is 2.43. The second kappa shape index (κ2) is 10.7. The van der Waals surface area contributed by atoms with Crippen LogP contribution in [0.5, 0.6) is 0 Å². The van der Waals surface area contributed by atoms with Gasteiger partial charge in [-0.1, -0.05) is 11.6 Å². The monoisotopic (exact) mass is 531 g/mol. The summed E-state index contributed by atoms with van der Waals surface area (Å²) in [6.45, 7) is 2.52. The number of halogens is 3. The molecular formula is C25H28ClF2N7O2. The maximum atomic E-state index is 14.5. The van der Waals surface area contributed by atoms with Gasteiger partial charge in [-0.05, 0) is 56.7 Å². The zero-order valence-corrected chi connectivity index (χ0v) is 21.0. The first-order valence-corrected chi connectivity index (χ1v) is 12.7. The summed E-state index contributed by atoms with van der Waals surface area (Å²) in [6, 6.07) is 5.77. The maximum absolute atomic E-state index is 14.5. The number of amides is 1. The highest BCUT2D eigenvalue weighted by atomic mass is 35.5. The van der Waals surface area contributed by atoms with Gasteiger partial charge in [-0.3, -0.25) is 4.79 Å². The number of pyridine rings is 2. The van der Waals surface area contributed by atoms with Crippen LogP contribution in [0.1, 0.15) is 38.2 Å². The van der Waals surface area contributed by atoms with E-state index in [1.165, 1.54) is 0 Å². The molecule has 1 aliphatic carbocycles. The molecule has 0 bridgehead atoms. The Hall–Kier alpha value is -3.18. The van der Waals surface area contributed by atoms with Gasteiger partial charge in [0.25, 0.3) is 5.91 Å². The fraction of sp³-hybridized carbons (Fsp3) is 0.480. The summed E-state index contributed by atoms with van der Waals surface area (Å²) < 4.78 is 33.8. The van der Waals surface area contributed by atoms with Crippen LogP contribution in [-0.2, 0) is 15.5 Å². The molecule has 1 saturated carbocycles. The predicted molar refractivity (Wildman–Crippen MR) is 136 cm³/mol. The number of nitrogens with one attached hydrogen (secondary N) is 3. The number of hydrogen-bond donors (Lipinski definition) is 3. The Morgan fingerprint density at radius 3 is 2.49 bits per heavy atom. The second-order valence-electron chi connectivity index (χ2n) is 9.64. The van der Waals surface area contributed by atoms with E-state index in [2.05, 4.69) is 35.9 Å². The van der Waals surface area contributed by atoms with Crippen molar-refractivity contribution in [3.63, 3.8) is 0 Å². The van der Waals surface area contributed by atoms with Crippen molar-refractivity contribution in [1.82, 2.24) is 25.3 Å². The molecule has 1 amide bonds. The number of ether oxygens (including phenoxy) is 1. The normalized spacial score (nSPS) is 21.2. The Bertz CT molecular complexity index is 1250. The first-order chi connectivity index (χ1) is 17.8. The number of carbonyl (C=O) groups excluding carboxylic acids is 1. The zero-order valence-electron chi connectivity index (χ0n) is 20.3. The van der Waals surface area contributed by atoms with Gasteiger partial charge < -0.3 is 20.7 Å². The molecule has 3 aromatic rings. The van der Waals surface area contributed by atoms with E-state index in [-0.39, 0.29) is 31.2 Å². The van der Waals surface area contributed by atoms with E-state index in [1.54, 1.807) is 6.20 Å². The van der Waals surface area contributed by atoms with Gasteiger partial charge in [0.2, 0.25) is 5.95 Å². The highest BCUT2D eigenvalue weighted by Crippen LogP contribution is 2.31. The highest BCUT2D eigenvalue weighted by molar-refractivity contribution is 6.33. The summed E-state index contributed by atoms with van der Waals surface area (Å²) in [5.74, 6) is -3.68. The minimum Gasteiger partial charge on any atom is -0.377 e. The van der Waals surface area contributed by atoms with E-state index in [0.29, 0.717) is 22.6 Å². The Kier molecular flexibility index (Phi) is 7.34. The van der Waals surface area contributed by atoms with E-state index in [9.17, 15) is 13.6 Å². The largest absolute Gasteiger partial charge is 0.377 e. The van der Waals surface area contributed by atoms with Crippen LogP contribution in [0.15, 0.2) is 36.8 Å². The van der Waals surface area contributed by atoms with Crippen LogP contribution in [0, 0.1) is 5.92 Å². The number of anilines is 2. The van der Waals surface area contributed by atoms with Crippen molar-refractivity contribution in [2.45, 2.75) is 56.7 Å². The standard InChI is InChI=1S/C25H28ClF2N7O2/c1-14(32-24-30-10-17(11-31-24)25(27,28)23(36)34-19-12-37-13-19)15-2-5-18(6-3-15)33-20-7-4-16-8-9-29-22(26)21(16)35-20/h4,7-11,14-15,18-19H,2-3,5-6,12-13H2,1H3,(H,33,35)(H,34,36)(H,30,31,32)/t14-,15?,18?/m0/s1. The number of nitrogens with zero attached hydrogens (tertiary/aromatic N) is 4. The van der Waals surface area contributed by atoms with Crippen LogP contribution in [0.25, 0.3) is 10.9 Å². The van der Waals surface area contributed by atoms with Gasteiger partial charge >= 0.3 is 5.92 Å². The molecule has 12 heteroatoms. The lowest BCUT2D eigenvalue weighted by Crippen LogP contribution is -2.52. The average Bonchev–Trinajstić information content (AvgIpc) is 2.87. The molecule has 5 rings (SSSR count). The lowest BCUT2D eigenvalue weighted by molar-refractivity contribution is -0.151. The van der Waals surface area contributed by atoms with Gasteiger partial charge in [-0.15, -0.1) is 0 Å². The van der Waals surface area contributed by atoms with Gasteiger partial charge in [-0.25, -0.2) is 19.9 Å². The van der Waals surface area contributed by atoms with Crippen molar-refractivity contribution in [3.05, 3.63) is 47.5 Å². The molecule has 1 atom stereocenters. The average molecular weight is 532 g/mol. The Morgan fingerprint density at radius 1 is 1.08 bits per heavy atom. The first-order valence-electron chi connectivity index (χ1n) is 12.3. The lowest BCUT2D eigenvalue weighted by Gasteiger charge is -2.33. The quantitative estimate of drug-likeness (QED) is 0.371. The number of rotatable bonds is 8. The smallest absolute Gasteiger partial charge is 0.352 e. The van der Waals surface area contributed by atoms with Crippen molar-refractivity contribution in [2.24, 2.45) is 5.92 Å². The van der Waals surface area contributed by atoms with Gasteiger partial charge in [-0.2, -0.15) is 8.78 Å². The third-order valence-corrected chi connectivity index (χ3v) is 7.30. The van der Waals surface area contributed by atoms with Crippen molar-refractivity contribution in [3.8, 4) is 0 Å². The molecule has 2 fully saturated rings. The second-order valence-corrected chi connectivity index (χ2v) is 9.99. The zero-order chi connectivity index (χ0) is 26.0. The summed E-state index contributed by atoms with van der Waals surface area (Å²) in [4.78, 5) is 28.7. The van der Waals surface area contributed by atoms with Crippen molar-refractivity contribution < 1.29 is 18.3 Å². The molecule has 196 valence electrons. The third-order valence-electron chi connectivity index (χ3n) is 7.02. The number of fused-ring (bicyclic) bond motifs is 1. The summed E-state index contributed by atoms with van der Waals surface area (Å²) in [5.41, 5.74) is 0.132. The van der Waals surface area contributed by atoms with Gasteiger partial charge in [0, 0.05) is 36.1 Å². The van der Waals surface area contributed by atoms with Crippen LogP contribution in [0.3, 0.4) is 0 Å². The molecule has 2 aliphatic rings. The van der Waals surface area contributed by atoms with Crippen LogP contribution in [0.4, 0.5) is 20.5 Å². The minimum absolute atomic E-state index is 0.0536. The maximum Gasteiger partial charge on any atom is 0.352 e. The summed E-state index contributed by atoms with van der Waals surface area (Å²) in [5, 5.41) is 10.3. The molecule has 4 heterocycles. The van der Waals surface area contributed by atoms with E-state index in [0.717, 1.165) is 49.3 Å². The number of carbonyl (C=O) groups is 1. The van der Waals surface area contributed by atoms with Crippen molar-refractivity contribution in [2.75, 3.05) is 23.8 Å². The van der Waals surface area contributed by atoms with Crippen LogP contribution >= 0.6 is 11.6 Å². The van der Waals surface area contributed by atoms with Gasteiger partial charge in [0.15, 0.2) is 5.15 Å². The first kappa shape index (κ1) is 25.5. The molecular weight excluding hydrogens is 504 g/mol. The predicted octanol–water partition coefficient (Wildman–Crippen LogP) is 4.15. The molecule has 0 spiro atoms. The molecule has 0 aromatic carbocycles. The van der Waals surface area contributed by atoms with E-state index in [4.69, 9.17) is 16.3 Å². The fourth-order valence-electron chi connectivity index (χ4n) is 4.68. The Balaban J connectivity index is 1.12. The summed E-state index contributed by atoms with van der Waals surface area (Å²) in [7, 11) is 0. The molecule has 3 aromatic heterocycles. The molecule has 0 unspecified atom stereocenters. The van der Waals surface area contributed by atoms with Crippen molar-refractivity contribution >= 4 is 40.2 Å². The summed E-state index contributed by atoms with van der Waals surface area (Å²) >= 11 is 6.18. The number of alkyl halides is 2. The molecule has 9 nitrogen and oxygen atoms in total. The minimum atomic E-state index is -3.72. The van der Waals surface area contributed by atoms with Gasteiger partial charge in [0.1, 0.15) is 11.3 Å². The van der Waals surface area contributed by atoms with E-state index in [1.807, 2.05) is 25.1 Å². The molecule has 3 N–H and O–H groups in total. The molecule has 0 radical (unpaired) electrons. The fourth-order valence-corrected chi connectivity index (χ4v) is 4.89. The lowest BCUT2D eigenvalue weighted by atomic mass is 9.82. The third kappa shape index (κ3) is 5.72.